The molecule has 2 aromatic heterocycles. The van der Waals surface area contributed by atoms with Gasteiger partial charge in [0.2, 0.25) is 0 Å². The van der Waals surface area contributed by atoms with Gasteiger partial charge in [0.15, 0.2) is 5.82 Å². The molecule has 136 valence electrons. The third-order valence-corrected chi connectivity index (χ3v) is 3.98. The summed E-state index contributed by atoms with van der Waals surface area (Å²) in [4.78, 5) is 18.2. The number of hydrogen-bond acceptors (Lipinski definition) is 3. The van der Waals surface area contributed by atoms with Crippen LogP contribution in [0.25, 0.3) is 5.82 Å². The van der Waals surface area contributed by atoms with Gasteiger partial charge < -0.3 is 4.98 Å². The number of hydrogen-bond donors (Lipinski definition) is 1. The van der Waals surface area contributed by atoms with Crippen LogP contribution in [-0.2, 0) is 6.18 Å². The van der Waals surface area contributed by atoms with Crippen molar-refractivity contribution in [3.8, 4) is 5.82 Å². The molecule has 0 fully saturated rings. The third-order valence-electron chi connectivity index (χ3n) is 3.98. The van der Waals surface area contributed by atoms with Gasteiger partial charge in [-0.3, -0.25) is 4.79 Å². The van der Waals surface area contributed by atoms with Crippen molar-refractivity contribution in [2.45, 2.75) is 25.9 Å². The van der Waals surface area contributed by atoms with Crippen LogP contribution in [0.5, 0.6) is 0 Å². The average Bonchev–Trinajstić information content (AvgIpc) is 3.02. The van der Waals surface area contributed by atoms with Gasteiger partial charge in [0.05, 0.1) is 11.8 Å². The third kappa shape index (κ3) is 3.51. The Bertz CT molecular complexity index is 1010. The van der Waals surface area contributed by atoms with E-state index in [0.717, 1.165) is 12.1 Å². The highest BCUT2D eigenvalue weighted by molar-refractivity contribution is 5.34. The van der Waals surface area contributed by atoms with Crippen LogP contribution in [0.1, 0.15) is 35.4 Å². The van der Waals surface area contributed by atoms with E-state index in [1.165, 1.54) is 23.0 Å². The molecule has 0 radical (unpaired) electrons. The lowest BCUT2D eigenvalue weighted by molar-refractivity contribution is -0.140. The molecule has 0 unspecified atom stereocenters. The van der Waals surface area contributed by atoms with E-state index < -0.39 is 23.5 Å². The molecule has 0 amide bonds. The van der Waals surface area contributed by atoms with Crippen LogP contribution in [0, 0.1) is 12.7 Å². The maximum absolute atomic E-state index is 13.8. The predicted molar refractivity (Wildman–Crippen MR) is 85.6 cm³/mol. The van der Waals surface area contributed by atoms with E-state index in [1.807, 2.05) is 0 Å². The molecule has 9 heteroatoms. The number of aromatic amines is 1. The molecule has 3 rings (SSSR count). The van der Waals surface area contributed by atoms with E-state index in [4.69, 9.17) is 0 Å². The number of halogens is 4. The van der Waals surface area contributed by atoms with Gasteiger partial charge in [0, 0.05) is 18.2 Å². The topological polar surface area (TPSA) is 63.6 Å². The number of aromatic nitrogens is 4. The summed E-state index contributed by atoms with van der Waals surface area (Å²) in [6.45, 7) is 3.35. The first kappa shape index (κ1) is 17.8. The van der Waals surface area contributed by atoms with Crippen molar-refractivity contribution >= 4 is 0 Å². The zero-order valence-electron chi connectivity index (χ0n) is 13.8. The summed E-state index contributed by atoms with van der Waals surface area (Å²) in [6.07, 6.45) is -1.64. The number of rotatable bonds is 3. The second kappa shape index (κ2) is 6.40. The Kier molecular flexibility index (Phi) is 4.39. The molecule has 2 heterocycles. The number of aryl methyl sites for hydroxylation is 1. The van der Waals surface area contributed by atoms with Crippen molar-refractivity contribution in [2.24, 2.45) is 0 Å². The average molecular weight is 366 g/mol. The van der Waals surface area contributed by atoms with Crippen molar-refractivity contribution in [3.05, 3.63) is 75.3 Å². The number of nitrogens with zero attached hydrogens (tertiary/aromatic N) is 3. The van der Waals surface area contributed by atoms with Gasteiger partial charge >= 0.3 is 6.18 Å². The minimum Gasteiger partial charge on any atom is -0.311 e. The van der Waals surface area contributed by atoms with Gasteiger partial charge in [0.1, 0.15) is 11.6 Å². The van der Waals surface area contributed by atoms with Crippen LogP contribution in [0.3, 0.4) is 0 Å². The Labute approximate surface area is 145 Å². The first-order valence-electron chi connectivity index (χ1n) is 7.64. The lowest BCUT2D eigenvalue weighted by Crippen LogP contribution is -2.12. The quantitative estimate of drug-likeness (QED) is 0.721. The van der Waals surface area contributed by atoms with Crippen LogP contribution in [0.15, 0.2) is 41.5 Å². The Morgan fingerprint density at radius 3 is 2.54 bits per heavy atom. The Morgan fingerprint density at radius 1 is 1.19 bits per heavy atom. The van der Waals surface area contributed by atoms with E-state index >= 15 is 0 Å². The molecule has 1 aromatic carbocycles. The van der Waals surface area contributed by atoms with Gasteiger partial charge in [-0.05, 0) is 30.2 Å². The van der Waals surface area contributed by atoms with Crippen LogP contribution in [0.2, 0.25) is 0 Å². The van der Waals surface area contributed by atoms with Crippen LogP contribution in [0.4, 0.5) is 17.6 Å². The monoisotopic (exact) mass is 366 g/mol. The van der Waals surface area contributed by atoms with Gasteiger partial charge in [-0.15, -0.1) is 0 Å². The summed E-state index contributed by atoms with van der Waals surface area (Å²) in [6, 6.07) is 4.11. The molecule has 0 bridgehead atoms. The zero-order valence-corrected chi connectivity index (χ0v) is 13.8. The highest BCUT2D eigenvalue weighted by atomic mass is 19.4. The Hall–Kier alpha value is -2.97. The minimum atomic E-state index is -4.74. The molecular weight excluding hydrogens is 352 g/mol. The summed E-state index contributed by atoms with van der Waals surface area (Å²) in [5, 5.41) is 4.12. The van der Waals surface area contributed by atoms with E-state index in [1.54, 1.807) is 20.0 Å². The van der Waals surface area contributed by atoms with Gasteiger partial charge in [0.25, 0.3) is 5.56 Å². The predicted octanol–water partition coefficient (Wildman–Crippen LogP) is 3.57. The van der Waals surface area contributed by atoms with E-state index in [0.29, 0.717) is 22.8 Å². The molecule has 5 nitrogen and oxygen atoms in total. The number of H-pyrrole nitrogens is 1. The summed E-state index contributed by atoms with van der Waals surface area (Å²) in [5.74, 6) is -0.990. The lowest BCUT2D eigenvalue weighted by Gasteiger charge is -2.13. The van der Waals surface area contributed by atoms with Crippen molar-refractivity contribution in [1.82, 2.24) is 19.7 Å². The number of benzene rings is 1. The molecule has 3 aromatic rings. The largest absolute Gasteiger partial charge is 0.419 e. The molecular formula is C17H14F4N4O. The maximum Gasteiger partial charge on any atom is 0.419 e. The zero-order chi connectivity index (χ0) is 19.1. The van der Waals surface area contributed by atoms with Crippen molar-refractivity contribution in [1.29, 1.82) is 0 Å². The maximum atomic E-state index is 13.8. The van der Waals surface area contributed by atoms with Crippen molar-refractivity contribution in [3.63, 3.8) is 0 Å². The summed E-state index contributed by atoms with van der Waals surface area (Å²) in [5.41, 5.74) is -0.608. The Morgan fingerprint density at radius 2 is 1.92 bits per heavy atom. The molecule has 1 atom stereocenters. The summed E-state index contributed by atoms with van der Waals surface area (Å²) < 4.78 is 53.2. The highest BCUT2D eigenvalue weighted by Crippen LogP contribution is 2.33. The second-order valence-electron chi connectivity index (χ2n) is 5.87. The molecule has 0 aliphatic heterocycles. The number of alkyl halides is 3. The first-order chi connectivity index (χ1) is 12.1. The molecule has 0 aliphatic rings. The van der Waals surface area contributed by atoms with Gasteiger partial charge in [-0.2, -0.15) is 18.3 Å². The SMILES string of the molecule is Cc1nc(-n2cc([C@@H](C)c3ccc(C(F)(F)F)c(F)c3)cn2)cc(=O)[nH]1. The standard InChI is InChI=1S/C17H14F4N4O/c1-9(11-3-4-13(14(18)5-11)17(19,20)21)12-7-22-25(8-12)15-6-16(26)24-10(2)23-15/h3-9H,1-2H3,(H,23,24,26)/t9-/m0/s1. The van der Waals surface area contributed by atoms with Crippen LogP contribution in [-0.4, -0.2) is 19.7 Å². The molecule has 0 spiro atoms. The fraction of sp³-hybridized carbons (Fsp3) is 0.235. The van der Waals surface area contributed by atoms with Crippen molar-refractivity contribution < 1.29 is 17.6 Å². The van der Waals surface area contributed by atoms with Crippen LogP contribution >= 0.6 is 0 Å². The van der Waals surface area contributed by atoms with Gasteiger partial charge in [-0.25, -0.2) is 14.1 Å². The fourth-order valence-electron chi connectivity index (χ4n) is 2.59. The van der Waals surface area contributed by atoms with E-state index in [2.05, 4.69) is 15.1 Å². The smallest absolute Gasteiger partial charge is 0.311 e. The van der Waals surface area contributed by atoms with Crippen molar-refractivity contribution in [2.75, 3.05) is 0 Å². The molecule has 26 heavy (non-hydrogen) atoms. The summed E-state index contributed by atoms with van der Waals surface area (Å²) in [7, 11) is 0. The lowest BCUT2D eigenvalue weighted by atomic mass is 9.94. The van der Waals surface area contributed by atoms with Gasteiger partial charge in [-0.1, -0.05) is 13.0 Å². The normalized spacial score (nSPS) is 13.0. The Balaban J connectivity index is 1.92. The minimum absolute atomic E-state index is 0.309. The fourth-order valence-corrected chi connectivity index (χ4v) is 2.59. The number of nitrogens with one attached hydrogen (secondary N) is 1. The van der Waals surface area contributed by atoms with Crippen LogP contribution < -0.4 is 5.56 Å². The second-order valence-corrected chi connectivity index (χ2v) is 5.87. The molecule has 0 saturated carbocycles. The molecule has 0 saturated heterocycles. The summed E-state index contributed by atoms with van der Waals surface area (Å²) >= 11 is 0. The van der Waals surface area contributed by atoms with E-state index in [9.17, 15) is 22.4 Å². The first-order valence-corrected chi connectivity index (χ1v) is 7.64. The van der Waals surface area contributed by atoms with E-state index in [-0.39, 0.29) is 5.56 Å². The highest BCUT2D eigenvalue weighted by Gasteiger charge is 2.34. The molecule has 0 aliphatic carbocycles. The molecule has 1 N–H and O–H groups in total.